The highest BCUT2D eigenvalue weighted by Gasteiger charge is 2.07. The number of nitrogens with one attached hydrogen (secondary N) is 2. The standard InChI is InChI=1S/C18H26N6O.HI/c1-19-18(20-10-9-15-12-22-24(4)13-15)21-11-14-5-7-16(8-6-14)17(25)23(2)3;/h5-8,12-13H,9-11H2,1-4H3,(H2,19,20,21);1H. The van der Waals surface area contributed by atoms with Crippen molar-refractivity contribution in [2.75, 3.05) is 27.7 Å². The highest BCUT2D eigenvalue weighted by molar-refractivity contribution is 14.0. The van der Waals surface area contributed by atoms with Crippen LogP contribution >= 0.6 is 24.0 Å². The molecule has 0 unspecified atom stereocenters. The normalized spacial score (nSPS) is 10.8. The molecule has 1 aromatic carbocycles. The maximum absolute atomic E-state index is 11.9. The molecule has 0 fully saturated rings. The van der Waals surface area contributed by atoms with Crippen LogP contribution in [0.4, 0.5) is 0 Å². The van der Waals surface area contributed by atoms with Crippen LogP contribution in [0.15, 0.2) is 41.7 Å². The van der Waals surface area contributed by atoms with Gasteiger partial charge in [-0.1, -0.05) is 12.1 Å². The van der Waals surface area contributed by atoms with E-state index in [0.717, 1.165) is 24.5 Å². The maximum atomic E-state index is 11.9. The highest BCUT2D eigenvalue weighted by atomic mass is 127. The Hall–Kier alpha value is -2.10. The van der Waals surface area contributed by atoms with E-state index < -0.39 is 0 Å². The molecule has 0 saturated heterocycles. The van der Waals surface area contributed by atoms with E-state index in [9.17, 15) is 4.79 Å². The molecule has 0 aliphatic rings. The number of carbonyl (C=O) groups excluding carboxylic acids is 1. The number of guanidine groups is 1. The van der Waals surface area contributed by atoms with Crippen molar-refractivity contribution in [1.29, 1.82) is 0 Å². The summed E-state index contributed by atoms with van der Waals surface area (Å²) >= 11 is 0. The van der Waals surface area contributed by atoms with Gasteiger partial charge in [-0.15, -0.1) is 24.0 Å². The number of aryl methyl sites for hydroxylation is 1. The Kier molecular flexibility index (Phi) is 9.11. The molecular weight excluding hydrogens is 443 g/mol. The molecule has 0 aliphatic heterocycles. The molecule has 1 amide bonds. The lowest BCUT2D eigenvalue weighted by Crippen LogP contribution is -2.37. The summed E-state index contributed by atoms with van der Waals surface area (Å²) in [7, 11) is 7.16. The van der Waals surface area contributed by atoms with Gasteiger partial charge in [0.2, 0.25) is 0 Å². The van der Waals surface area contributed by atoms with Gasteiger partial charge >= 0.3 is 0 Å². The van der Waals surface area contributed by atoms with E-state index in [1.807, 2.05) is 43.7 Å². The number of nitrogens with zero attached hydrogens (tertiary/aromatic N) is 4. The van der Waals surface area contributed by atoms with E-state index in [2.05, 4.69) is 20.7 Å². The molecule has 8 heteroatoms. The Morgan fingerprint density at radius 3 is 2.42 bits per heavy atom. The molecule has 0 aliphatic carbocycles. The molecule has 0 atom stereocenters. The van der Waals surface area contributed by atoms with Crippen LogP contribution in [0.2, 0.25) is 0 Å². The zero-order valence-corrected chi connectivity index (χ0v) is 18.0. The van der Waals surface area contributed by atoms with Crippen molar-refractivity contribution in [3.05, 3.63) is 53.3 Å². The molecule has 2 rings (SSSR count). The van der Waals surface area contributed by atoms with Crippen molar-refractivity contribution in [2.24, 2.45) is 12.0 Å². The van der Waals surface area contributed by atoms with Crippen LogP contribution in [-0.2, 0) is 20.0 Å². The van der Waals surface area contributed by atoms with Gasteiger partial charge in [0.1, 0.15) is 0 Å². The molecule has 0 bridgehead atoms. The predicted octanol–water partition coefficient (Wildman–Crippen LogP) is 1.65. The predicted molar refractivity (Wildman–Crippen MR) is 115 cm³/mol. The first-order chi connectivity index (χ1) is 12.0. The average Bonchev–Trinajstić information content (AvgIpc) is 3.03. The molecule has 2 N–H and O–H groups in total. The van der Waals surface area contributed by atoms with Crippen LogP contribution in [0, 0.1) is 0 Å². The molecule has 142 valence electrons. The zero-order chi connectivity index (χ0) is 18.2. The topological polar surface area (TPSA) is 74.5 Å². The second kappa shape index (κ2) is 10.8. The van der Waals surface area contributed by atoms with E-state index in [4.69, 9.17) is 0 Å². The number of aromatic nitrogens is 2. The van der Waals surface area contributed by atoms with Crippen molar-refractivity contribution in [1.82, 2.24) is 25.3 Å². The summed E-state index contributed by atoms with van der Waals surface area (Å²) < 4.78 is 1.80. The summed E-state index contributed by atoms with van der Waals surface area (Å²) in [6, 6.07) is 7.59. The smallest absolute Gasteiger partial charge is 0.253 e. The molecule has 7 nitrogen and oxygen atoms in total. The Morgan fingerprint density at radius 2 is 1.88 bits per heavy atom. The SMILES string of the molecule is CN=C(NCCc1cnn(C)c1)NCc1ccc(C(=O)N(C)C)cc1.I. The van der Waals surface area contributed by atoms with Crippen LogP contribution in [0.3, 0.4) is 0 Å². The Labute approximate surface area is 171 Å². The van der Waals surface area contributed by atoms with Gasteiger partial charge in [0, 0.05) is 53.0 Å². The van der Waals surface area contributed by atoms with Gasteiger partial charge in [-0.25, -0.2) is 0 Å². The van der Waals surface area contributed by atoms with E-state index >= 15 is 0 Å². The molecule has 0 radical (unpaired) electrons. The lowest BCUT2D eigenvalue weighted by atomic mass is 10.1. The van der Waals surface area contributed by atoms with Crippen LogP contribution in [0.25, 0.3) is 0 Å². The monoisotopic (exact) mass is 470 g/mol. The third kappa shape index (κ3) is 6.66. The largest absolute Gasteiger partial charge is 0.356 e. The van der Waals surface area contributed by atoms with Gasteiger partial charge < -0.3 is 15.5 Å². The fraction of sp³-hybridized carbons (Fsp3) is 0.389. The number of halogens is 1. The highest BCUT2D eigenvalue weighted by Crippen LogP contribution is 2.06. The zero-order valence-electron chi connectivity index (χ0n) is 15.7. The van der Waals surface area contributed by atoms with E-state index in [0.29, 0.717) is 12.1 Å². The first-order valence-electron chi connectivity index (χ1n) is 8.22. The molecular formula is C18H27IN6O. The second-order valence-electron chi connectivity index (χ2n) is 6.02. The Balaban J connectivity index is 0.00000338. The molecule has 0 spiro atoms. The number of carbonyl (C=O) groups is 1. The number of hydrogen-bond donors (Lipinski definition) is 2. The molecule has 1 heterocycles. The van der Waals surface area contributed by atoms with Crippen molar-refractivity contribution < 1.29 is 4.79 Å². The van der Waals surface area contributed by atoms with Crippen LogP contribution in [-0.4, -0.2) is 54.2 Å². The van der Waals surface area contributed by atoms with Crippen LogP contribution < -0.4 is 10.6 Å². The summed E-state index contributed by atoms with van der Waals surface area (Å²) in [6.07, 6.45) is 4.76. The molecule has 2 aromatic rings. The second-order valence-corrected chi connectivity index (χ2v) is 6.02. The van der Waals surface area contributed by atoms with Gasteiger partial charge in [0.15, 0.2) is 5.96 Å². The third-order valence-electron chi connectivity index (χ3n) is 3.76. The summed E-state index contributed by atoms with van der Waals surface area (Å²) in [5.74, 6) is 0.754. The van der Waals surface area contributed by atoms with Crippen molar-refractivity contribution in [3.63, 3.8) is 0 Å². The van der Waals surface area contributed by atoms with Crippen molar-refractivity contribution >= 4 is 35.8 Å². The summed E-state index contributed by atoms with van der Waals surface area (Å²) in [4.78, 5) is 17.7. The maximum Gasteiger partial charge on any atom is 0.253 e. The fourth-order valence-corrected chi connectivity index (χ4v) is 2.36. The number of hydrogen-bond acceptors (Lipinski definition) is 3. The van der Waals surface area contributed by atoms with E-state index in [-0.39, 0.29) is 29.9 Å². The van der Waals surface area contributed by atoms with Gasteiger partial charge in [-0.3, -0.25) is 14.5 Å². The summed E-state index contributed by atoms with van der Waals surface area (Å²) in [5, 5.41) is 10.7. The molecule has 1 aromatic heterocycles. The van der Waals surface area contributed by atoms with Gasteiger partial charge in [0.25, 0.3) is 5.91 Å². The van der Waals surface area contributed by atoms with E-state index in [1.165, 1.54) is 5.56 Å². The fourth-order valence-electron chi connectivity index (χ4n) is 2.36. The Morgan fingerprint density at radius 1 is 1.19 bits per heavy atom. The Bertz CT molecular complexity index is 724. The minimum absolute atomic E-state index is 0. The summed E-state index contributed by atoms with van der Waals surface area (Å²) in [5.41, 5.74) is 2.96. The number of rotatable bonds is 6. The van der Waals surface area contributed by atoms with E-state index in [1.54, 1.807) is 30.7 Å². The minimum atomic E-state index is 0. The first-order valence-corrected chi connectivity index (χ1v) is 8.22. The quantitative estimate of drug-likeness (QED) is 0.383. The van der Waals surface area contributed by atoms with Crippen LogP contribution in [0.1, 0.15) is 21.5 Å². The van der Waals surface area contributed by atoms with Crippen molar-refractivity contribution in [3.8, 4) is 0 Å². The van der Waals surface area contributed by atoms with Gasteiger partial charge in [-0.2, -0.15) is 5.10 Å². The van der Waals surface area contributed by atoms with Gasteiger partial charge in [-0.05, 0) is 29.7 Å². The van der Waals surface area contributed by atoms with Crippen molar-refractivity contribution in [2.45, 2.75) is 13.0 Å². The third-order valence-corrected chi connectivity index (χ3v) is 3.76. The number of benzene rings is 1. The molecule has 26 heavy (non-hydrogen) atoms. The number of aliphatic imine (C=N–C) groups is 1. The van der Waals surface area contributed by atoms with Crippen LogP contribution in [0.5, 0.6) is 0 Å². The lowest BCUT2D eigenvalue weighted by Gasteiger charge is -2.13. The number of amides is 1. The van der Waals surface area contributed by atoms with Gasteiger partial charge in [0.05, 0.1) is 6.20 Å². The lowest BCUT2D eigenvalue weighted by molar-refractivity contribution is 0.0827. The minimum Gasteiger partial charge on any atom is -0.356 e. The average molecular weight is 470 g/mol. The molecule has 0 saturated carbocycles. The first kappa shape index (κ1) is 21.9. The summed E-state index contributed by atoms with van der Waals surface area (Å²) in [6.45, 7) is 1.42.